The molecule has 0 spiro atoms. The van der Waals surface area contributed by atoms with Gasteiger partial charge in [-0.05, 0) is 73.6 Å². The lowest BCUT2D eigenvalue weighted by molar-refractivity contribution is -0.121. The first-order chi connectivity index (χ1) is 14.0. The highest BCUT2D eigenvalue weighted by molar-refractivity contribution is 5.83. The highest BCUT2D eigenvalue weighted by atomic mass is 16.5. The number of ether oxygens (including phenoxy) is 1. The van der Waals surface area contributed by atoms with Crippen LogP contribution in [0.4, 0.5) is 0 Å². The van der Waals surface area contributed by atoms with E-state index in [9.17, 15) is 4.79 Å². The number of fused-ring (bicyclic) bond motifs is 1. The summed E-state index contributed by atoms with van der Waals surface area (Å²) in [5.74, 6) is 0.913. The van der Waals surface area contributed by atoms with Crippen LogP contribution < -0.4 is 10.1 Å². The summed E-state index contributed by atoms with van der Waals surface area (Å²) in [6, 6.07) is 22.7. The van der Waals surface area contributed by atoms with E-state index < -0.39 is 0 Å². The third-order valence-corrected chi connectivity index (χ3v) is 5.18. The van der Waals surface area contributed by atoms with Gasteiger partial charge in [0.15, 0.2) is 0 Å². The Balaban J connectivity index is 1.67. The van der Waals surface area contributed by atoms with Crippen LogP contribution >= 0.6 is 0 Å². The van der Waals surface area contributed by atoms with E-state index in [-0.39, 0.29) is 11.9 Å². The van der Waals surface area contributed by atoms with Crippen molar-refractivity contribution in [3.05, 3.63) is 77.9 Å². The largest absolute Gasteiger partial charge is 0.497 e. The summed E-state index contributed by atoms with van der Waals surface area (Å²) in [5.41, 5.74) is 2.29. The molecule has 1 N–H and O–H groups in total. The zero-order chi connectivity index (χ0) is 20.6. The molecule has 0 bridgehead atoms. The first-order valence-electron chi connectivity index (χ1n) is 10.1. The number of aryl methyl sites for hydroxylation is 1. The van der Waals surface area contributed by atoms with E-state index >= 15 is 0 Å². The summed E-state index contributed by atoms with van der Waals surface area (Å²) in [7, 11) is 5.77. The van der Waals surface area contributed by atoms with E-state index in [4.69, 9.17) is 4.74 Å². The molecule has 29 heavy (non-hydrogen) atoms. The van der Waals surface area contributed by atoms with Crippen molar-refractivity contribution in [2.75, 3.05) is 27.7 Å². The Hall–Kier alpha value is -2.85. The van der Waals surface area contributed by atoms with E-state index in [2.05, 4.69) is 54.6 Å². The third-order valence-electron chi connectivity index (χ3n) is 5.18. The average Bonchev–Trinajstić information content (AvgIpc) is 2.75. The maximum atomic E-state index is 12.7. The molecule has 0 saturated heterocycles. The molecule has 1 amide bonds. The number of methoxy groups -OCH3 is 1. The van der Waals surface area contributed by atoms with Gasteiger partial charge in [0, 0.05) is 6.42 Å². The molecule has 0 heterocycles. The molecule has 0 aliphatic heterocycles. The van der Waals surface area contributed by atoms with Crippen LogP contribution in [0.5, 0.6) is 5.75 Å². The van der Waals surface area contributed by atoms with E-state index in [1.54, 1.807) is 7.11 Å². The molecule has 0 aliphatic carbocycles. The Kier molecular flexibility index (Phi) is 7.25. The second-order valence-electron chi connectivity index (χ2n) is 7.67. The third kappa shape index (κ3) is 6.06. The maximum Gasteiger partial charge on any atom is 0.220 e. The van der Waals surface area contributed by atoms with Crippen LogP contribution in [-0.2, 0) is 11.2 Å². The molecular formula is C25H30N2O2. The predicted molar refractivity (Wildman–Crippen MR) is 119 cm³/mol. The molecule has 0 aliphatic rings. The number of hydrogen-bond acceptors (Lipinski definition) is 3. The number of carbonyl (C=O) groups is 1. The molecule has 4 nitrogen and oxygen atoms in total. The molecule has 3 rings (SSSR count). The normalized spacial score (nSPS) is 12.1. The SMILES string of the molecule is COc1ccc(CCC(=O)NC(CCN(C)C)c2ccc3ccccc3c2)cc1. The summed E-state index contributed by atoms with van der Waals surface area (Å²) in [4.78, 5) is 14.8. The van der Waals surface area contributed by atoms with E-state index in [1.165, 1.54) is 10.8 Å². The number of carbonyl (C=O) groups excluding carboxylic acids is 1. The van der Waals surface area contributed by atoms with E-state index in [0.29, 0.717) is 12.8 Å². The van der Waals surface area contributed by atoms with Crippen LogP contribution in [0, 0.1) is 0 Å². The van der Waals surface area contributed by atoms with Gasteiger partial charge in [-0.15, -0.1) is 0 Å². The van der Waals surface area contributed by atoms with Crippen LogP contribution in [0.2, 0.25) is 0 Å². The van der Waals surface area contributed by atoms with Gasteiger partial charge in [0.25, 0.3) is 0 Å². The molecule has 0 aromatic heterocycles. The maximum absolute atomic E-state index is 12.7. The summed E-state index contributed by atoms with van der Waals surface area (Å²) in [5, 5.41) is 5.67. The quantitative estimate of drug-likeness (QED) is 0.581. The van der Waals surface area contributed by atoms with Gasteiger partial charge in [-0.3, -0.25) is 4.79 Å². The Bertz CT molecular complexity index is 935. The van der Waals surface area contributed by atoms with Crippen molar-refractivity contribution in [3.63, 3.8) is 0 Å². The lowest BCUT2D eigenvalue weighted by Crippen LogP contribution is -2.31. The Morgan fingerprint density at radius 3 is 2.41 bits per heavy atom. The smallest absolute Gasteiger partial charge is 0.220 e. The number of benzene rings is 3. The van der Waals surface area contributed by atoms with Crippen molar-refractivity contribution >= 4 is 16.7 Å². The number of nitrogens with zero attached hydrogens (tertiary/aromatic N) is 1. The van der Waals surface area contributed by atoms with Crippen molar-refractivity contribution in [1.82, 2.24) is 10.2 Å². The van der Waals surface area contributed by atoms with Gasteiger partial charge in [-0.25, -0.2) is 0 Å². The molecule has 0 fully saturated rings. The zero-order valence-corrected chi connectivity index (χ0v) is 17.5. The van der Waals surface area contributed by atoms with Gasteiger partial charge in [-0.1, -0.05) is 48.5 Å². The second-order valence-corrected chi connectivity index (χ2v) is 7.67. The number of nitrogens with one attached hydrogen (secondary N) is 1. The molecule has 3 aromatic carbocycles. The minimum absolute atomic E-state index is 0.00498. The van der Waals surface area contributed by atoms with Crippen LogP contribution in [-0.4, -0.2) is 38.6 Å². The molecule has 0 radical (unpaired) electrons. The van der Waals surface area contributed by atoms with Crippen LogP contribution in [0.1, 0.15) is 30.0 Å². The summed E-state index contributed by atoms with van der Waals surface area (Å²) in [6.45, 7) is 0.913. The minimum atomic E-state index is 0.00498. The Labute approximate surface area is 173 Å². The summed E-state index contributed by atoms with van der Waals surface area (Å²) < 4.78 is 5.19. The van der Waals surface area contributed by atoms with Gasteiger partial charge >= 0.3 is 0 Å². The van der Waals surface area contributed by atoms with Crippen LogP contribution in [0.25, 0.3) is 10.8 Å². The number of hydrogen-bond donors (Lipinski definition) is 1. The van der Waals surface area contributed by atoms with Gasteiger partial charge in [0.1, 0.15) is 5.75 Å². The predicted octanol–water partition coefficient (Wildman–Crippen LogP) is 4.59. The Morgan fingerprint density at radius 2 is 1.72 bits per heavy atom. The fourth-order valence-electron chi connectivity index (χ4n) is 3.45. The minimum Gasteiger partial charge on any atom is -0.497 e. The van der Waals surface area contributed by atoms with Crippen molar-refractivity contribution in [1.29, 1.82) is 0 Å². The zero-order valence-electron chi connectivity index (χ0n) is 17.5. The highest BCUT2D eigenvalue weighted by Gasteiger charge is 2.15. The van der Waals surface area contributed by atoms with E-state index in [1.807, 2.05) is 36.4 Å². The first-order valence-corrected chi connectivity index (χ1v) is 10.1. The van der Waals surface area contributed by atoms with Crippen molar-refractivity contribution < 1.29 is 9.53 Å². The fourth-order valence-corrected chi connectivity index (χ4v) is 3.45. The topological polar surface area (TPSA) is 41.6 Å². The highest BCUT2D eigenvalue weighted by Crippen LogP contribution is 2.23. The molecule has 1 unspecified atom stereocenters. The van der Waals surface area contributed by atoms with Crippen LogP contribution in [0.15, 0.2) is 66.7 Å². The average molecular weight is 391 g/mol. The second kappa shape index (κ2) is 10.1. The molecule has 0 saturated carbocycles. The molecule has 4 heteroatoms. The standard InChI is InChI=1S/C25H30N2O2/c1-27(2)17-16-24(22-12-11-20-6-4-5-7-21(20)18-22)26-25(28)15-10-19-8-13-23(29-3)14-9-19/h4-9,11-14,18,24H,10,15-17H2,1-3H3,(H,26,28). The van der Waals surface area contributed by atoms with Crippen LogP contribution in [0.3, 0.4) is 0 Å². The van der Waals surface area contributed by atoms with E-state index in [0.717, 1.165) is 29.8 Å². The number of amides is 1. The van der Waals surface area contributed by atoms with Crippen molar-refractivity contribution in [2.24, 2.45) is 0 Å². The fraction of sp³-hybridized carbons (Fsp3) is 0.320. The van der Waals surface area contributed by atoms with Crippen molar-refractivity contribution in [3.8, 4) is 5.75 Å². The monoisotopic (exact) mass is 390 g/mol. The van der Waals surface area contributed by atoms with Gasteiger partial charge in [-0.2, -0.15) is 0 Å². The molecule has 152 valence electrons. The first kappa shape index (κ1) is 20.9. The van der Waals surface area contributed by atoms with Gasteiger partial charge in [0.2, 0.25) is 5.91 Å². The molecular weight excluding hydrogens is 360 g/mol. The summed E-state index contributed by atoms with van der Waals surface area (Å²) in [6.07, 6.45) is 2.06. The Morgan fingerprint density at radius 1 is 1.00 bits per heavy atom. The lowest BCUT2D eigenvalue weighted by Gasteiger charge is -2.22. The van der Waals surface area contributed by atoms with Gasteiger partial charge < -0.3 is 15.0 Å². The number of rotatable bonds is 9. The molecule has 3 aromatic rings. The van der Waals surface area contributed by atoms with Crippen molar-refractivity contribution in [2.45, 2.75) is 25.3 Å². The molecule has 1 atom stereocenters. The van der Waals surface area contributed by atoms with Gasteiger partial charge in [0.05, 0.1) is 13.2 Å². The lowest BCUT2D eigenvalue weighted by atomic mass is 9.99. The summed E-state index contributed by atoms with van der Waals surface area (Å²) >= 11 is 0.